The van der Waals surface area contributed by atoms with Crippen molar-refractivity contribution in [1.82, 2.24) is 10.2 Å². The largest absolute Gasteiger partial charge is 0.480 e. The van der Waals surface area contributed by atoms with Crippen LogP contribution in [0, 0.1) is 0 Å². The van der Waals surface area contributed by atoms with Crippen LogP contribution < -0.4 is 5.32 Å². The van der Waals surface area contributed by atoms with Gasteiger partial charge in [-0.2, -0.15) is 0 Å². The zero-order valence-corrected chi connectivity index (χ0v) is 13.0. The van der Waals surface area contributed by atoms with Crippen LogP contribution in [0.1, 0.15) is 51.9 Å². The normalized spacial score (nSPS) is 37.8. The second kappa shape index (κ2) is 6.23. The molecule has 0 aromatic heterocycles. The number of hydrogen-bond acceptors (Lipinski definition) is 4. The maximum absolute atomic E-state index is 11.8. The van der Waals surface area contributed by atoms with E-state index in [2.05, 4.69) is 10.2 Å². The van der Waals surface area contributed by atoms with E-state index in [0.717, 1.165) is 64.6 Å². The highest BCUT2D eigenvalue weighted by molar-refractivity contribution is 5.79. The van der Waals surface area contributed by atoms with Gasteiger partial charge in [-0.15, -0.1) is 0 Å². The summed E-state index contributed by atoms with van der Waals surface area (Å²) in [6.07, 6.45) is 7.41. The van der Waals surface area contributed by atoms with E-state index in [1.54, 1.807) is 0 Å². The topological polar surface area (TPSA) is 61.8 Å². The third kappa shape index (κ3) is 3.41. The number of aliphatic carboxylic acids is 1. The number of ether oxygens (including phenoxy) is 1. The number of carbonyl (C=O) groups is 1. The van der Waals surface area contributed by atoms with Crippen molar-refractivity contribution in [3.63, 3.8) is 0 Å². The molecule has 1 saturated heterocycles. The first-order valence-corrected chi connectivity index (χ1v) is 8.50. The molecule has 0 aromatic carbocycles. The molecule has 0 amide bonds. The minimum absolute atomic E-state index is 0.333. The zero-order chi connectivity index (χ0) is 14.9. The van der Waals surface area contributed by atoms with E-state index in [1.807, 2.05) is 6.92 Å². The molecular weight excluding hydrogens is 268 g/mol. The van der Waals surface area contributed by atoms with Crippen LogP contribution in [0.3, 0.4) is 0 Å². The molecule has 3 fully saturated rings. The van der Waals surface area contributed by atoms with Crippen molar-refractivity contribution in [2.24, 2.45) is 0 Å². The van der Waals surface area contributed by atoms with Gasteiger partial charge in [-0.05, 0) is 58.4 Å². The minimum Gasteiger partial charge on any atom is -0.480 e. The molecule has 120 valence electrons. The van der Waals surface area contributed by atoms with E-state index in [-0.39, 0.29) is 0 Å². The average Bonchev–Trinajstić information content (AvgIpc) is 3.16. The lowest BCUT2D eigenvalue weighted by Crippen LogP contribution is -2.53. The van der Waals surface area contributed by atoms with Crippen LogP contribution in [-0.4, -0.2) is 59.4 Å². The lowest BCUT2D eigenvalue weighted by molar-refractivity contribution is -0.145. The first-order chi connectivity index (χ1) is 10.1. The van der Waals surface area contributed by atoms with Crippen molar-refractivity contribution < 1.29 is 14.6 Å². The van der Waals surface area contributed by atoms with Crippen molar-refractivity contribution in [3.8, 4) is 0 Å². The van der Waals surface area contributed by atoms with Crippen molar-refractivity contribution in [1.29, 1.82) is 0 Å². The Labute approximate surface area is 127 Å². The molecule has 2 aliphatic carbocycles. The van der Waals surface area contributed by atoms with Crippen molar-refractivity contribution in [2.75, 3.05) is 19.7 Å². The number of piperidine rings is 1. The van der Waals surface area contributed by atoms with Crippen LogP contribution in [0.15, 0.2) is 0 Å². The highest BCUT2D eigenvalue weighted by atomic mass is 16.5. The van der Waals surface area contributed by atoms with E-state index < -0.39 is 11.5 Å². The zero-order valence-electron chi connectivity index (χ0n) is 13.0. The van der Waals surface area contributed by atoms with E-state index in [9.17, 15) is 9.90 Å². The Balaban J connectivity index is 1.60. The van der Waals surface area contributed by atoms with Gasteiger partial charge in [-0.3, -0.25) is 15.0 Å². The van der Waals surface area contributed by atoms with Gasteiger partial charge in [0.15, 0.2) is 0 Å². The van der Waals surface area contributed by atoms with Crippen LogP contribution in [0.4, 0.5) is 0 Å². The standard InChI is InChI=1S/C16H28N2O3/c1-2-21-14-4-3-9-18(11-14)13-7-8-16(10-13,15(19)20)17-12-5-6-12/h12-14,17H,2-11H2,1H3,(H,19,20). The third-order valence-electron chi connectivity index (χ3n) is 5.28. The van der Waals surface area contributed by atoms with Gasteiger partial charge in [0.05, 0.1) is 6.10 Å². The van der Waals surface area contributed by atoms with E-state index >= 15 is 0 Å². The summed E-state index contributed by atoms with van der Waals surface area (Å²) in [7, 11) is 0. The van der Waals surface area contributed by atoms with Crippen molar-refractivity contribution in [2.45, 2.75) is 75.6 Å². The fraction of sp³-hybridized carbons (Fsp3) is 0.938. The predicted octanol–water partition coefficient (Wildman–Crippen LogP) is 1.62. The number of hydrogen-bond donors (Lipinski definition) is 2. The molecule has 1 aliphatic heterocycles. The summed E-state index contributed by atoms with van der Waals surface area (Å²) in [5.74, 6) is -0.657. The van der Waals surface area contributed by atoms with Crippen LogP contribution in [0.2, 0.25) is 0 Å². The SMILES string of the molecule is CCOC1CCCN(C2CCC(NC3CC3)(C(=O)O)C2)C1. The summed E-state index contributed by atoms with van der Waals surface area (Å²) >= 11 is 0. The molecule has 3 unspecified atom stereocenters. The molecule has 2 saturated carbocycles. The Morgan fingerprint density at radius 3 is 2.86 bits per heavy atom. The second-order valence-corrected chi connectivity index (χ2v) is 6.92. The molecule has 0 spiro atoms. The molecule has 3 rings (SSSR count). The average molecular weight is 296 g/mol. The highest BCUT2D eigenvalue weighted by Gasteiger charge is 2.49. The Bertz CT molecular complexity index is 384. The summed E-state index contributed by atoms with van der Waals surface area (Å²) in [5, 5.41) is 13.1. The van der Waals surface area contributed by atoms with Gasteiger partial charge in [0.25, 0.3) is 0 Å². The molecule has 3 atom stereocenters. The first kappa shape index (κ1) is 15.3. The van der Waals surface area contributed by atoms with Gasteiger partial charge >= 0.3 is 5.97 Å². The lowest BCUT2D eigenvalue weighted by Gasteiger charge is -2.37. The van der Waals surface area contributed by atoms with E-state index in [4.69, 9.17) is 4.74 Å². The Morgan fingerprint density at radius 1 is 1.38 bits per heavy atom. The van der Waals surface area contributed by atoms with Gasteiger partial charge in [0.1, 0.15) is 5.54 Å². The summed E-state index contributed by atoms with van der Waals surface area (Å²) < 4.78 is 5.77. The van der Waals surface area contributed by atoms with E-state index in [1.165, 1.54) is 0 Å². The summed E-state index contributed by atoms with van der Waals surface area (Å²) in [5.41, 5.74) is -0.676. The molecule has 3 aliphatic rings. The van der Waals surface area contributed by atoms with Crippen LogP contribution in [-0.2, 0) is 9.53 Å². The molecule has 21 heavy (non-hydrogen) atoms. The molecule has 0 bridgehead atoms. The van der Waals surface area contributed by atoms with Gasteiger partial charge in [0.2, 0.25) is 0 Å². The monoisotopic (exact) mass is 296 g/mol. The summed E-state index contributed by atoms with van der Waals surface area (Å²) in [6.45, 7) is 4.87. The number of carboxylic acid groups (broad SMARTS) is 1. The second-order valence-electron chi connectivity index (χ2n) is 6.92. The Kier molecular flexibility index (Phi) is 4.52. The predicted molar refractivity (Wildman–Crippen MR) is 80.4 cm³/mol. The van der Waals surface area contributed by atoms with Gasteiger partial charge in [0, 0.05) is 25.2 Å². The Hall–Kier alpha value is -0.650. The van der Waals surface area contributed by atoms with Crippen LogP contribution in [0.5, 0.6) is 0 Å². The fourth-order valence-corrected chi connectivity index (χ4v) is 4.01. The fourth-order valence-electron chi connectivity index (χ4n) is 4.01. The lowest BCUT2D eigenvalue weighted by atomic mass is 9.96. The molecule has 0 aromatic rings. The molecule has 2 N–H and O–H groups in total. The molecule has 5 heteroatoms. The first-order valence-electron chi connectivity index (χ1n) is 8.50. The highest BCUT2D eigenvalue weighted by Crippen LogP contribution is 2.37. The van der Waals surface area contributed by atoms with Crippen molar-refractivity contribution in [3.05, 3.63) is 0 Å². The maximum atomic E-state index is 11.8. The van der Waals surface area contributed by atoms with Crippen molar-refractivity contribution >= 4 is 5.97 Å². The van der Waals surface area contributed by atoms with Crippen LogP contribution in [0.25, 0.3) is 0 Å². The Morgan fingerprint density at radius 2 is 2.19 bits per heavy atom. The molecule has 0 radical (unpaired) electrons. The number of likely N-dealkylation sites (tertiary alicyclic amines) is 1. The summed E-state index contributed by atoms with van der Waals surface area (Å²) in [4.78, 5) is 14.3. The maximum Gasteiger partial charge on any atom is 0.323 e. The molecule has 5 nitrogen and oxygen atoms in total. The number of rotatable bonds is 6. The molecular formula is C16H28N2O3. The minimum atomic E-state index is -0.676. The number of carboxylic acids is 1. The quantitative estimate of drug-likeness (QED) is 0.780. The van der Waals surface area contributed by atoms with Gasteiger partial charge in [-0.1, -0.05) is 0 Å². The van der Waals surface area contributed by atoms with Crippen LogP contribution >= 0.6 is 0 Å². The molecule has 1 heterocycles. The van der Waals surface area contributed by atoms with E-state index in [0.29, 0.717) is 18.2 Å². The summed E-state index contributed by atoms with van der Waals surface area (Å²) in [6, 6.07) is 0.841. The van der Waals surface area contributed by atoms with Gasteiger partial charge < -0.3 is 9.84 Å². The number of nitrogens with zero attached hydrogens (tertiary/aromatic N) is 1. The third-order valence-corrected chi connectivity index (χ3v) is 5.28. The smallest absolute Gasteiger partial charge is 0.323 e. The number of nitrogens with one attached hydrogen (secondary N) is 1. The van der Waals surface area contributed by atoms with Gasteiger partial charge in [-0.25, -0.2) is 0 Å².